The number of rotatable bonds is 3. The Kier molecular flexibility index (Phi) is 3.88. The minimum Gasteiger partial charge on any atom is -0.295 e. The number of alkyl halides is 1. The number of hydrogen-bond donors (Lipinski definition) is 0. The van der Waals surface area contributed by atoms with Crippen LogP contribution in [0.4, 0.5) is 0 Å². The summed E-state index contributed by atoms with van der Waals surface area (Å²) in [5.74, 6) is 1.50. The van der Waals surface area contributed by atoms with E-state index in [2.05, 4.69) is 43.0 Å². The van der Waals surface area contributed by atoms with Gasteiger partial charge in [-0.25, -0.2) is 0 Å². The van der Waals surface area contributed by atoms with E-state index < -0.39 is 0 Å². The SMILES string of the molecule is Cc1cccc(CN2CCC(C)C2CCl)c1. The maximum Gasteiger partial charge on any atom is 0.0382 e. The third kappa shape index (κ3) is 2.58. The van der Waals surface area contributed by atoms with E-state index in [4.69, 9.17) is 11.6 Å². The summed E-state index contributed by atoms with van der Waals surface area (Å²) in [6.07, 6.45) is 1.28. The number of likely N-dealkylation sites (tertiary alicyclic amines) is 1. The second-order valence-electron chi connectivity index (χ2n) is 4.95. The number of nitrogens with zero attached hydrogens (tertiary/aromatic N) is 1. The summed E-state index contributed by atoms with van der Waals surface area (Å²) in [5.41, 5.74) is 2.75. The molecular formula is C14H20ClN. The van der Waals surface area contributed by atoms with Gasteiger partial charge in [0.1, 0.15) is 0 Å². The predicted octanol–water partition coefficient (Wildman–Crippen LogP) is 3.44. The Morgan fingerprint density at radius 2 is 2.25 bits per heavy atom. The van der Waals surface area contributed by atoms with Gasteiger partial charge < -0.3 is 0 Å². The van der Waals surface area contributed by atoms with Crippen molar-refractivity contribution in [3.63, 3.8) is 0 Å². The summed E-state index contributed by atoms with van der Waals surface area (Å²) in [5, 5.41) is 0. The molecule has 0 radical (unpaired) electrons. The van der Waals surface area contributed by atoms with Gasteiger partial charge in [0.15, 0.2) is 0 Å². The summed E-state index contributed by atoms with van der Waals surface area (Å²) in [7, 11) is 0. The average Bonchev–Trinajstić information content (AvgIpc) is 2.59. The van der Waals surface area contributed by atoms with Gasteiger partial charge in [0.05, 0.1) is 0 Å². The van der Waals surface area contributed by atoms with Crippen molar-refractivity contribution in [1.29, 1.82) is 0 Å². The van der Waals surface area contributed by atoms with E-state index in [0.29, 0.717) is 6.04 Å². The van der Waals surface area contributed by atoms with Crippen LogP contribution in [0.2, 0.25) is 0 Å². The molecule has 2 unspecified atom stereocenters. The summed E-state index contributed by atoms with van der Waals surface area (Å²) in [6, 6.07) is 9.33. The van der Waals surface area contributed by atoms with Crippen LogP contribution < -0.4 is 0 Å². The summed E-state index contributed by atoms with van der Waals surface area (Å²) >= 11 is 6.05. The first-order valence-electron chi connectivity index (χ1n) is 6.06. The monoisotopic (exact) mass is 237 g/mol. The van der Waals surface area contributed by atoms with Crippen LogP contribution >= 0.6 is 11.6 Å². The highest BCUT2D eigenvalue weighted by molar-refractivity contribution is 6.18. The van der Waals surface area contributed by atoms with Crippen LogP contribution in [0.5, 0.6) is 0 Å². The highest BCUT2D eigenvalue weighted by Crippen LogP contribution is 2.26. The first kappa shape index (κ1) is 11.9. The van der Waals surface area contributed by atoms with Gasteiger partial charge >= 0.3 is 0 Å². The zero-order chi connectivity index (χ0) is 11.5. The molecule has 0 amide bonds. The molecule has 2 rings (SSSR count). The molecule has 0 aliphatic carbocycles. The van der Waals surface area contributed by atoms with Crippen molar-refractivity contribution in [1.82, 2.24) is 4.90 Å². The first-order chi connectivity index (χ1) is 7.70. The van der Waals surface area contributed by atoms with Crippen molar-refractivity contribution in [3.05, 3.63) is 35.4 Å². The number of hydrogen-bond acceptors (Lipinski definition) is 1. The first-order valence-corrected chi connectivity index (χ1v) is 6.59. The van der Waals surface area contributed by atoms with E-state index in [1.165, 1.54) is 24.1 Å². The van der Waals surface area contributed by atoms with Crippen LogP contribution in [0.3, 0.4) is 0 Å². The Balaban J connectivity index is 2.04. The van der Waals surface area contributed by atoms with Gasteiger partial charge in [-0.05, 0) is 31.4 Å². The fourth-order valence-electron chi connectivity index (χ4n) is 2.58. The molecule has 0 aromatic heterocycles. The minimum absolute atomic E-state index is 0.558. The van der Waals surface area contributed by atoms with Crippen LogP contribution in [0.1, 0.15) is 24.5 Å². The fraction of sp³-hybridized carbons (Fsp3) is 0.571. The van der Waals surface area contributed by atoms with Crippen molar-refractivity contribution in [2.75, 3.05) is 12.4 Å². The zero-order valence-electron chi connectivity index (χ0n) is 10.1. The molecule has 1 fully saturated rings. The third-order valence-corrected chi connectivity index (χ3v) is 3.94. The van der Waals surface area contributed by atoms with Gasteiger partial charge in [-0.3, -0.25) is 4.90 Å². The molecule has 2 atom stereocenters. The number of benzene rings is 1. The van der Waals surface area contributed by atoms with E-state index in [1.807, 2.05) is 0 Å². The smallest absolute Gasteiger partial charge is 0.0382 e. The lowest BCUT2D eigenvalue weighted by Gasteiger charge is -2.25. The lowest BCUT2D eigenvalue weighted by molar-refractivity contribution is 0.242. The molecule has 1 aromatic rings. The number of halogens is 1. The molecule has 1 aromatic carbocycles. The lowest BCUT2D eigenvalue weighted by Crippen LogP contribution is -2.33. The van der Waals surface area contributed by atoms with Crippen LogP contribution in [-0.4, -0.2) is 23.4 Å². The minimum atomic E-state index is 0.558. The molecule has 0 spiro atoms. The van der Waals surface area contributed by atoms with Crippen LogP contribution in [0, 0.1) is 12.8 Å². The average molecular weight is 238 g/mol. The Labute approximate surface area is 103 Å². The van der Waals surface area contributed by atoms with Crippen LogP contribution in [0.15, 0.2) is 24.3 Å². The lowest BCUT2D eigenvalue weighted by atomic mass is 10.0. The van der Waals surface area contributed by atoms with Gasteiger partial charge in [-0.15, -0.1) is 11.6 Å². The second kappa shape index (κ2) is 5.20. The largest absolute Gasteiger partial charge is 0.295 e. The Morgan fingerprint density at radius 1 is 1.44 bits per heavy atom. The molecule has 1 nitrogen and oxygen atoms in total. The van der Waals surface area contributed by atoms with Crippen LogP contribution in [0.25, 0.3) is 0 Å². The molecule has 2 heteroatoms. The maximum atomic E-state index is 6.05. The third-order valence-electron chi connectivity index (χ3n) is 3.62. The quantitative estimate of drug-likeness (QED) is 0.728. The standard InChI is InChI=1S/C14H20ClN/c1-11-4-3-5-13(8-11)10-16-7-6-12(2)14(16)9-15/h3-5,8,12,14H,6-7,9-10H2,1-2H3. The van der Waals surface area contributed by atoms with Gasteiger partial charge in [-0.2, -0.15) is 0 Å². The molecule has 0 N–H and O–H groups in total. The molecule has 1 saturated heterocycles. The van der Waals surface area contributed by atoms with E-state index in [0.717, 1.165) is 18.3 Å². The maximum absolute atomic E-state index is 6.05. The van der Waals surface area contributed by atoms with Crippen molar-refractivity contribution >= 4 is 11.6 Å². The highest BCUT2D eigenvalue weighted by Gasteiger charge is 2.29. The molecule has 1 aliphatic rings. The molecule has 1 aliphatic heterocycles. The Bertz CT molecular complexity index is 350. The highest BCUT2D eigenvalue weighted by atomic mass is 35.5. The van der Waals surface area contributed by atoms with E-state index >= 15 is 0 Å². The summed E-state index contributed by atoms with van der Waals surface area (Å²) in [4.78, 5) is 2.52. The molecule has 0 bridgehead atoms. The zero-order valence-corrected chi connectivity index (χ0v) is 10.9. The number of aryl methyl sites for hydroxylation is 1. The molecule has 1 heterocycles. The molecule has 16 heavy (non-hydrogen) atoms. The summed E-state index contributed by atoms with van der Waals surface area (Å²) in [6.45, 7) is 6.69. The molecule has 0 saturated carbocycles. The Hall–Kier alpha value is -0.530. The van der Waals surface area contributed by atoms with Crippen molar-refractivity contribution in [2.24, 2.45) is 5.92 Å². The van der Waals surface area contributed by atoms with E-state index in [9.17, 15) is 0 Å². The van der Waals surface area contributed by atoms with E-state index in [-0.39, 0.29) is 0 Å². The predicted molar refractivity (Wildman–Crippen MR) is 69.9 cm³/mol. The molecule has 88 valence electrons. The van der Waals surface area contributed by atoms with Gasteiger partial charge in [0.2, 0.25) is 0 Å². The fourth-order valence-corrected chi connectivity index (χ4v) is 3.08. The van der Waals surface area contributed by atoms with Crippen molar-refractivity contribution in [3.8, 4) is 0 Å². The van der Waals surface area contributed by atoms with Crippen molar-refractivity contribution in [2.45, 2.75) is 32.9 Å². The molecular weight excluding hydrogens is 218 g/mol. The second-order valence-corrected chi connectivity index (χ2v) is 5.26. The van der Waals surface area contributed by atoms with Gasteiger partial charge in [-0.1, -0.05) is 36.8 Å². The van der Waals surface area contributed by atoms with E-state index in [1.54, 1.807) is 0 Å². The topological polar surface area (TPSA) is 3.24 Å². The van der Waals surface area contributed by atoms with Gasteiger partial charge in [0.25, 0.3) is 0 Å². The normalized spacial score (nSPS) is 26.2. The van der Waals surface area contributed by atoms with Crippen LogP contribution in [-0.2, 0) is 6.54 Å². The van der Waals surface area contributed by atoms with Crippen molar-refractivity contribution < 1.29 is 0 Å². The Morgan fingerprint density at radius 3 is 2.94 bits per heavy atom. The summed E-state index contributed by atoms with van der Waals surface area (Å²) < 4.78 is 0. The van der Waals surface area contributed by atoms with Gasteiger partial charge in [0, 0.05) is 18.5 Å².